The maximum absolute atomic E-state index is 12.0. The van der Waals surface area contributed by atoms with Gasteiger partial charge in [0.05, 0.1) is 6.61 Å². The van der Waals surface area contributed by atoms with Gasteiger partial charge in [0.15, 0.2) is 5.78 Å². The summed E-state index contributed by atoms with van der Waals surface area (Å²) < 4.78 is 5.54. The van der Waals surface area contributed by atoms with Gasteiger partial charge in [-0.1, -0.05) is 22.0 Å². The van der Waals surface area contributed by atoms with Gasteiger partial charge in [0.25, 0.3) is 0 Å². The number of benzene rings is 1. The smallest absolute Gasteiger partial charge is 0.185 e. The minimum absolute atomic E-state index is 0.00501. The average Bonchev–Trinajstić information content (AvgIpc) is 2.99. The summed E-state index contributed by atoms with van der Waals surface area (Å²) in [7, 11) is 0. The highest BCUT2D eigenvalue weighted by Crippen LogP contribution is 2.15. The minimum Gasteiger partial charge on any atom is -0.494 e. The number of hydrogen-bond acceptors (Lipinski definition) is 3. The quantitative estimate of drug-likeness (QED) is 0.310. The summed E-state index contributed by atoms with van der Waals surface area (Å²) in [5.41, 5.74) is 0.672. The number of rotatable bonds is 7. The van der Waals surface area contributed by atoms with Crippen molar-refractivity contribution in [2.75, 3.05) is 11.9 Å². The molecule has 1 aromatic heterocycles. The summed E-state index contributed by atoms with van der Waals surface area (Å²) in [6.07, 6.45) is 4.41. The number of ether oxygens (including phenoxy) is 1. The molecule has 20 heavy (non-hydrogen) atoms. The molecule has 4 heteroatoms. The van der Waals surface area contributed by atoms with Crippen LogP contribution >= 0.6 is 27.3 Å². The van der Waals surface area contributed by atoms with Crippen molar-refractivity contribution >= 4 is 39.1 Å². The maximum atomic E-state index is 12.0. The molecule has 1 heterocycles. The molecular formula is C16H15BrO2S. The number of hydrogen-bond donors (Lipinski definition) is 0. The number of thiophene rings is 1. The van der Waals surface area contributed by atoms with E-state index in [1.54, 1.807) is 29.5 Å². The van der Waals surface area contributed by atoms with E-state index in [0.29, 0.717) is 12.2 Å². The molecule has 0 bridgehead atoms. The van der Waals surface area contributed by atoms with Crippen molar-refractivity contribution in [2.24, 2.45) is 0 Å². The minimum atomic E-state index is 0.00501. The van der Waals surface area contributed by atoms with Crippen LogP contribution in [0.1, 0.15) is 21.7 Å². The first-order valence-corrected chi connectivity index (χ1v) is 8.34. The molecule has 2 nitrogen and oxygen atoms in total. The van der Waals surface area contributed by atoms with Crippen molar-refractivity contribution in [3.8, 4) is 5.75 Å². The molecule has 0 saturated heterocycles. The molecular weight excluding hydrogens is 336 g/mol. The summed E-state index contributed by atoms with van der Waals surface area (Å²) >= 11 is 4.97. The second-order valence-electron chi connectivity index (χ2n) is 4.13. The lowest BCUT2D eigenvalue weighted by Gasteiger charge is -2.05. The fraction of sp³-hybridized carbons (Fsp3) is 0.188. The molecule has 0 saturated carbocycles. The van der Waals surface area contributed by atoms with Crippen molar-refractivity contribution in [2.45, 2.75) is 6.42 Å². The fourth-order valence-corrected chi connectivity index (χ4v) is 2.45. The Morgan fingerprint density at radius 1 is 1.25 bits per heavy atom. The number of carbonyl (C=O) groups is 1. The molecule has 0 aliphatic rings. The van der Waals surface area contributed by atoms with E-state index < -0.39 is 0 Å². The Balaban J connectivity index is 1.93. The molecule has 2 aromatic rings. The molecule has 0 aliphatic heterocycles. The van der Waals surface area contributed by atoms with Gasteiger partial charge in [-0.05, 0) is 54.3 Å². The third-order valence-corrected chi connectivity index (χ3v) is 4.03. The topological polar surface area (TPSA) is 26.3 Å². The SMILES string of the molecule is O=C(C=Cc1cccs1)c1ccc(OCCCBr)cc1. The Labute approximate surface area is 131 Å². The zero-order chi connectivity index (χ0) is 14.2. The summed E-state index contributed by atoms with van der Waals surface area (Å²) in [6, 6.07) is 11.2. The van der Waals surface area contributed by atoms with Gasteiger partial charge in [0, 0.05) is 15.8 Å². The van der Waals surface area contributed by atoms with E-state index in [-0.39, 0.29) is 5.78 Å². The van der Waals surface area contributed by atoms with Gasteiger partial charge in [-0.3, -0.25) is 4.79 Å². The van der Waals surface area contributed by atoms with Crippen LogP contribution in [0.15, 0.2) is 47.9 Å². The molecule has 1 aromatic carbocycles. The Kier molecular flexibility index (Phi) is 6.02. The molecule has 104 valence electrons. The van der Waals surface area contributed by atoms with E-state index in [1.807, 2.05) is 35.7 Å². The van der Waals surface area contributed by atoms with Gasteiger partial charge in [-0.25, -0.2) is 0 Å². The zero-order valence-corrected chi connectivity index (χ0v) is 13.3. The van der Waals surface area contributed by atoms with Gasteiger partial charge in [0.1, 0.15) is 5.75 Å². The Morgan fingerprint density at radius 2 is 2.05 bits per heavy atom. The Morgan fingerprint density at radius 3 is 2.70 bits per heavy atom. The predicted molar refractivity (Wildman–Crippen MR) is 88.0 cm³/mol. The average molecular weight is 351 g/mol. The van der Waals surface area contributed by atoms with Crippen LogP contribution in [0.25, 0.3) is 6.08 Å². The number of alkyl halides is 1. The van der Waals surface area contributed by atoms with Crippen LogP contribution in [-0.4, -0.2) is 17.7 Å². The Bertz CT molecular complexity index is 559. The monoisotopic (exact) mass is 350 g/mol. The lowest BCUT2D eigenvalue weighted by molar-refractivity contribution is 0.104. The van der Waals surface area contributed by atoms with E-state index >= 15 is 0 Å². The lowest BCUT2D eigenvalue weighted by atomic mass is 10.1. The first-order valence-electron chi connectivity index (χ1n) is 6.34. The van der Waals surface area contributed by atoms with Crippen LogP contribution in [-0.2, 0) is 0 Å². The summed E-state index contributed by atoms with van der Waals surface area (Å²) in [5.74, 6) is 0.801. The number of allylic oxidation sites excluding steroid dienone is 1. The number of ketones is 1. The Hall–Kier alpha value is -1.39. The number of halogens is 1. The van der Waals surface area contributed by atoms with Crippen molar-refractivity contribution in [1.29, 1.82) is 0 Å². The molecule has 0 aliphatic carbocycles. The first kappa shape index (κ1) is 15.0. The zero-order valence-electron chi connectivity index (χ0n) is 10.9. The highest BCUT2D eigenvalue weighted by Gasteiger charge is 2.02. The van der Waals surface area contributed by atoms with E-state index in [9.17, 15) is 4.79 Å². The third kappa shape index (κ3) is 4.62. The van der Waals surface area contributed by atoms with E-state index in [4.69, 9.17) is 4.74 Å². The third-order valence-electron chi connectivity index (χ3n) is 2.63. The molecule has 0 atom stereocenters. The second kappa shape index (κ2) is 8.02. The molecule has 0 amide bonds. The lowest BCUT2D eigenvalue weighted by Crippen LogP contribution is -1.98. The van der Waals surface area contributed by atoms with Crippen LogP contribution in [0.2, 0.25) is 0 Å². The molecule has 0 spiro atoms. The van der Waals surface area contributed by atoms with Crippen molar-refractivity contribution in [3.63, 3.8) is 0 Å². The molecule has 0 radical (unpaired) electrons. The van der Waals surface area contributed by atoms with Crippen LogP contribution in [0.4, 0.5) is 0 Å². The van der Waals surface area contributed by atoms with Crippen LogP contribution in [0.3, 0.4) is 0 Å². The standard InChI is InChI=1S/C16H15BrO2S/c17-10-2-11-19-14-6-4-13(5-7-14)16(18)9-8-15-3-1-12-20-15/h1,3-9,12H,2,10-11H2. The van der Waals surface area contributed by atoms with Crippen molar-refractivity contribution in [3.05, 3.63) is 58.3 Å². The summed E-state index contributed by atoms with van der Waals surface area (Å²) in [6.45, 7) is 0.677. The summed E-state index contributed by atoms with van der Waals surface area (Å²) in [4.78, 5) is 13.1. The first-order chi connectivity index (χ1) is 9.79. The van der Waals surface area contributed by atoms with Gasteiger partial charge < -0.3 is 4.74 Å². The second-order valence-corrected chi connectivity index (χ2v) is 5.90. The molecule has 0 unspecified atom stereocenters. The van der Waals surface area contributed by atoms with Crippen molar-refractivity contribution < 1.29 is 9.53 Å². The molecule has 0 N–H and O–H groups in total. The highest BCUT2D eigenvalue weighted by molar-refractivity contribution is 9.09. The van der Waals surface area contributed by atoms with E-state index in [1.165, 1.54) is 0 Å². The van der Waals surface area contributed by atoms with Crippen LogP contribution in [0.5, 0.6) is 5.75 Å². The molecule has 0 fully saturated rings. The van der Waals surface area contributed by atoms with Gasteiger partial charge >= 0.3 is 0 Å². The normalized spacial score (nSPS) is 10.8. The summed E-state index contributed by atoms with van der Waals surface area (Å²) in [5, 5.41) is 2.92. The van der Waals surface area contributed by atoms with E-state index in [0.717, 1.165) is 22.4 Å². The maximum Gasteiger partial charge on any atom is 0.185 e. The number of carbonyl (C=O) groups excluding carboxylic acids is 1. The van der Waals surface area contributed by atoms with Gasteiger partial charge in [0.2, 0.25) is 0 Å². The highest BCUT2D eigenvalue weighted by atomic mass is 79.9. The van der Waals surface area contributed by atoms with Gasteiger partial charge in [-0.2, -0.15) is 0 Å². The van der Waals surface area contributed by atoms with Crippen LogP contribution in [0, 0.1) is 0 Å². The van der Waals surface area contributed by atoms with Crippen molar-refractivity contribution in [1.82, 2.24) is 0 Å². The van der Waals surface area contributed by atoms with E-state index in [2.05, 4.69) is 15.9 Å². The molecule has 2 rings (SSSR count). The largest absolute Gasteiger partial charge is 0.494 e. The predicted octanol–water partition coefficient (Wildman–Crippen LogP) is 4.81. The van der Waals surface area contributed by atoms with Gasteiger partial charge in [-0.15, -0.1) is 11.3 Å². The fourth-order valence-electron chi connectivity index (χ4n) is 1.60. The van der Waals surface area contributed by atoms with Crippen LogP contribution < -0.4 is 4.74 Å².